The number of benzene rings is 2. The van der Waals surface area contributed by atoms with Crippen LogP contribution in [0.1, 0.15) is 37.8 Å². The Bertz CT molecular complexity index is 761. The number of amides is 2. The number of aryl methyl sites for hydroxylation is 2. The van der Waals surface area contributed by atoms with Crippen LogP contribution in [-0.4, -0.2) is 32.7 Å². The summed E-state index contributed by atoms with van der Waals surface area (Å²) >= 11 is 0. The first-order chi connectivity index (χ1) is 14.1. The molecule has 0 aromatic heterocycles. The SMILES string of the molecule is C.Cc1ccc2cc1NC(=O)Nc1cc(ccc1C)NCOCCCCCOCN2. The Kier molecular flexibility index (Phi) is 9.44. The fraction of sp³-hybridized carbons (Fsp3) is 0.435. The molecule has 7 heteroatoms. The van der Waals surface area contributed by atoms with E-state index in [0.717, 1.165) is 53.1 Å². The topological polar surface area (TPSA) is 83.7 Å². The van der Waals surface area contributed by atoms with E-state index in [4.69, 9.17) is 9.47 Å². The highest BCUT2D eigenvalue weighted by Gasteiger charge is 2.09. The lowest BCUT2D eigenvalue weighted by Crippen LogP contribution is -2.21. The van der Waals surface area contributed by atoms with E-state index in [1.54, 1.807) is 0 Å². The summed E-state index contributed by atoms with van der Waals surface area (Å²) in [5.41, 5.74) is 5.27. The average Bonchev–Trinajstić information content (AvgIpc) is 2.70. The van der Waals surface area contributed by atoms with Crippen LogP contribution in [0.2, 0.25) is 0 Å². The molecule has 1 heterocycles. The van der Waals surface area contributed by atoms with Crippen molar-refractivity contribution in [3.63, 3.8) is 0 Å². The number of fused-ring (bicyclic) bond motifs is 4. The van der Waals surface area contributed by atoms with Crippen molar-refractivity contribution < 1.29 is 14.3 Å². The van der Waals surface area contributed by atoms with Crippen molar-refractivity contribution in [1.29, 1.82) is 0 Å². The van der Waals surface area contributed by atoms with Gasteiger partial charge in [-0.25, -0.2) is 4.79 Å². The maximum absolute atomic E-state index is 12.6. The van der Waals surface area contributed by atoms with E-state index in [1.165, 1.54) is 0 Å². The second-order valence-corrected chi connectivity index (χ2v) is 7.16. The molecule has 0 saturated heterocycles. The number of urea groups is 1. The van der Waals surface area contributed by atoms with Crippen molar-refractivity contribution in [2.75, 3.05) is 47.9 Å². The number of carbonyl (C=O) groups excluding carboxylic acids is 1. The first kappa shape index (κ1) is 23.5. The fourth-order valence-corrected chi connectivity index (χ4v) is 3.01. The van der Waals surface area contributed by atoms with Crippen LogP contribution < -0.4 is 21.3 Å². The van der Waals surface area contributed by atoms with Gasteiger partial charge in [0, 0.05) is 36.0 Å². The van der Waals surface area contributed by atoms with E-state index in [1.807, 2.05) is 50.2 Å². The second-order valence-electron chi connectivity index (χ2n) is 7.16. The van der Waals surface area contributed by atoms with Gasteiger partial charge in [0.2, 0.25) is 0 Å². The molecule has 4 N–H and O–H groups in total. The first-order valence-corrected chi connectivity index (χ1v) is 10.0. The molecule has 2 amide bonds. The lowest BCUT2D eigenvalue weighted by atomic mass is 10.1. The maximum atomic E-state index is 12.6. The highest BCUT2D eigenvalue weighted by molar-refractivity contribution is 6.01. The standard InChI is InChI=1S/C22H30N4O3.CH4/c1-16-6-8-18-12-20(16)25-22(27)26-21-13-19(9-7-17(21)2)24-15-29-11-5-3-4-10-28-14-23-18;/h6-9,12-13,23-24H,3-5,10-11,14-15H2,1-2H3,(H2,25,26,27);1H4. The minimum Gasteiger partial charge on any atom is -0.363 e. The quantitative estimate of drug-likeness (QED) is 0.455. The van der Waals surface area contributed by atoms with Gasteiger partial charge in [-0.15, -0.1) is 0 Å². The van der Waals surface area contributed by atoms with Crippen LogP contribution in [0.25, 0.3) is 0 Å². The number of nitrogens with one attached hydrogen (secondary N) is 4. The van der Waals surface area contributed by atoms with E-state index in [-0.39, 0.29) is 13.5 Å². The highest BCUT2D eigenvalue weighted by Crippen LogP contribution is 2.23. The Morgan fingerprint density at radius 3 is 1.67 bits per heavy atom. The van der Waals surface area contributed by atoms with Crippen LogP contribution in [0.3, 0.4) is 0 Å². The monoisotopic (exact) mass is 414 g/mol. The van der Waals surface area contributed by atoms with Crippen molar-refractivity contribution in [2.24, 2.45) is 0 Å². The van der Waals surface area contributed by atoms with Crippen molar-refractivity contribution in [3.8, 4) is 0 Å². The molecule has 1 aliphatic heterocycles. The molecule has 1 aliphatic rings. The number of hydrogen-bond acceptors (Lipinski definition) is 5. The van der Waals surface area contributed by atoms with Gasteiger partial charge < -0.3 is 30.7 Å². The third kappa shape index (κ3) is 7.24. The molecule has 4 bridgehead atoms. The van der Waals surface area contributed by atoms with Gasteiger partial charge in [-0.3, -0.25) is 0 Å². The van der Waals surface area contributed by atoms with E-state index in [2.05, 4.69) is 21.3 Å². The van der Waals surface area contributed by atoms with Crippen LogP contribution >= 0.6 is 0 Å². The summed E-state index contributed by atoms with van der Waals surface area (Å²) in [6.07, 6.45) is 3.07. The molecule has 0 aliphatic carbocycles. The van der Waals surface area contributed by atoms with Gasteiger partial charge in [0.05, 0.1) is 0 Å². The molecule has 2 aromatic rings. The largest absolute Gasteiger partial charge is 0.363 e. The number of carbonyl (C=O) groups is 1. The lowest BCUT2D eigenvalue weighted by Gasteiger charge is -2.15. The zero-order valence-corrected chi connectivity index (χ0v) is 17.1. The van der Waals surface area contributed by atoms with E-state index in [9.17, 15) is 4.79 Å². The Morgan fingerprint density at radius 2 is 1.20 bits per heavy atom. The highest BCUT2D eigenvalue weighted by atomic mass is 16.5. The molecule has 0 spiro atoms. The molecule has 0 atom stereocenters. The molecular weight excluding hydrogens is 380 g/mol. The third-order valence-corrected chi connectivity index (χ3v) is 4.81. The van der Waals surface area contributed by atoms with Gasteiger partial charge in [-0.2, -0.15) is 0 Å². The van der Waals surface area contributed by atoms with E-state index in [0.29, 0.717) is 26.7 Å². The molecule has 164 valence electrons. The van der Waals surface area contributed by atoms with Crippen molar-refractivity contribution in [2.45, 2.75) is 40.5 Å². The average molecular weight is 415 g/mol. The summed E-state index contributed by atoms with van der Waals surface area (Å²) in [5.74, 6) is 0. The molecule has 0 radical (unpaired) electrons. The molecule has 2 aromatic carbocycles. The molecule has 0 unspecified atom stereocenters. The molecular formula is C23H34N4O3. The number of anilines is 4. The molecule has 3 rings (SSSR count). The smallest absolute Gasteiger partial charge is 0.323 e. The third-order valence-electron chi connectivity index (χ3n) is 4.81. The fourth-order valence-electron chi connectivity index (χ4n) is 3.01. The first-order valence-electron chi connectivity index (χ1n) is 10.0. The lowest BCUT2D eigenvalue weighted by molar-refractivity contribution is 0.131. The summed E-state index contributed by atoms with van der Waals surface area (Å²) in [5, 5.41) is 12.3. The molecule has 7 nitrogen and oxygen atoms in total. The van der Waals surface area contributed by atoms with Gasteiger partial charge in [0.25, 0.3) is 0 Å². The second kappa shape index (κ2) is 12.0. The van der Waals surface area contributed by atoms with E-state index < -0.39 is 0 Å². The number of ether oxygens (including phenoxy) is 2. The Balaban J connectivity index is 0.00000320. The zero-order chi connectivity index (χ0) is 20.5. The zero-order valence-electron chi connectivity index (χ0n) is 17.1. The Morgan fingerprint density at radius 1 is 0.733 bits per heavy atom. The predicted molar refractivity (Wildman–Crippen MR) is 124 cm³/mol. The number of hydrogen-bond donors (Lipinski definition) is 4. The van der Waals surface area contributed by atoms with Crippen LogP contribution in [0.15, 0.2) is 36.4 Å². The van der Waals surface area contributed by atoms with Crippen LogP contribution in [0.5, 0.6) is 0 Å². The van der Waals surface area contributed by atoms with Gasteiger partial charge in [0.15, 0.2) is 0 Å². The Labute approximate surface area is 179 Å². The summed E-state index contributed by atoms with van der Waals surface area (Å²) < 4.78 is 11.3. The summed E-state index contributed by atoms with van der Waals surface area (Å²) in [6.45, 7) is 6.20. The summed E-state index contributed by atoms with van der Waals surface area (Å²) in [6, 6.07) is 11.4. The normalized spacial score (nSPS) is 16.0. The van der Waals surface area contributed by atoms with Crippen molar-refractivity contribution in [1.82, 2.24) is 0 Å². The molecule has 0 saturated carbocycles. The predicted octanol–water partition coefficient (Wildman–Crippen LogP) is 5.54. The molecule has 0 fully saturated rings. The van der Waals surface area contributed by atoms with E-state index >= 15 is 0 Å². The minimum absolute atomic E-state index is 0. The van der Waals surface area contributed by atoms with Crippen LogP contribution in [0.4, 0.5) is 27.5 Å². The maximum Gasteiger partial charge on any atom is 0.323 e. The van der Waals surface area contributed by atoms with Crippen molar-refractivity contribution in [3.05, 3.63) is 47.5 Å². The summed E-state index contributed by atoms with van der Waals surface area (Å²) in [4.78, 5) is 12.6. The van der Waals surface area contributed by atoms with Gasteiger partial charge in [-0.05, 0) is 68.5 Å². The van der Waals surface area contributed by atoms with Gasteiger partial charge in [0.1, 0.15) is 13.5 Å². The minimum atomic E-state index is -0.285. The number of rotatable bonds is 0. The molecule has 30 heavy (non-hydrogen) atoms. The summed E-state index contributed by atoms with van der Waals surface area (Å²) in [7, 11) is 0. The Hall–Kier alpha value is -2.77. The van der Waals surface area contributed by atoms with Crippen LogP contribution in [0, 0.1) is 13.8 Å². The van der Waals surface area contributed by atoms with Gasteiger partial charge >= 0.3 is 6.03 Å². The van der Waals surface area contributed by atoms with Gasteiger partial charge in [-0.1, -0.05) is 19.6 Å². The van der Waals surface area contributed by atoms with Crippen molar-refractivity contribution >= 4 is 28.8 Å². The van der Waals surface area contributed by atoms with Crippen LogP contribution in [-0.2, 0) is 9.47 Å².